The number of alkyl halides is 6. The summed E-state index contributed by atoms with van der Waals surface area (Å²) in [5.74, 6) is -0.658. The van der Waals surface area contributed by atoms with E-state index >= 15 is 0 Å². The molecule has 0 amide bonds. The second-order valence-electron chi connectivity index (χ2n) is 4.85. The Balaban J connectivity index is 0.00000264. The van der Waals surface area contributed by atoms with Crippen molar-refractivity contribution in [1.82, 2.24) is 10.2 Å². The molecule has 10 heteroatoms. The first-order valence-corrected chi connectivity index (χ1v) is 6.54. The Morgan fingerprint density at radius 1 is 1.04 bits per heavy atom. The summed E-state index contributed by atoms with van der Waals surface area (Å²) >= 11 is 0. The van der Waals surface area contributed by atoms with E-state index in [-0.39, 0.29) is 31.1 Å². The quantitative estimate of drug-likeness (QED) is 0.831. The molecule has 2 rings (SSSR count). The number of nitrogens with one attached hydrogen (secondary N) is 1. The van der Waals surface area contributed by atoms with Crippen molar-refractivity contribution in [2.75, 3.05) is 26.2 Å². The van der Waals surface area contributed by atoms with Crippen LogP contribution in [0.4, 0.5) is 26.3 Å². The Morgan fingerprint density at radius 2 is 1.65 bits per heavy atom. The van der Waals surface area contributed by atoms with Gasteiger partial charge >= 0.3 is 12.5 Å². The topological polar surface area (TPSA) is 24.5 Å². The van der Waals surface area contributed by atoms with Crippen LogP contribution in [0.25, 0.3) is 0 Å². The normalized spacial score (nSPS) is 18.2. The molecule has 1 heterocycles. The molecule has 1 aliphatic rings. The summed E-state index contributed by atoms with van der Waals surface area (Å²) in [6.07, 6.45) is -9.53. The molecule has 1 aromatic rings. The van der Waals surface area contributed by atoms with Crippen molar-refractivity contribution in [3.05, 3.63) is 29.8 Å². The zero-order valence-corrected chi connectivity index (χ0v) is 12.6. The Kier molecular flexibility index (Phi) is 6.55. The van der Waals surface area contributed by atoms with Crippen LogP contribution in [0, 0.1) is 0 Å². The standard InChI is InChI=1S/C13H14F6N2O.ClH/c14-12(15,16)11(21-6-4-20-5-7-21)9-2-1-3-10(8-9)22-13(17,18)19;/h1-3,8,11,20H,4-7H2;1H/t11-;/m1./s1. The summed E-state index contributed by atoms with van der Waals surface area (Å²) < 4.78 is 80.3. The fourth-order valence-electron chi connectivity index (χ4n) is 2.43. The number of rotatable bonds is 3. The monoisotopic (exact) mass is 364 g/mol. The predicted octanol–water partition coefficient (Wildman–Crippen LogP) is 3.52. The van der Waals surface area contributed by atoms with E-state index in [4.69, 9.17) is 0 Å². The molecule has 0 aromatic heterocycles. The number of nitrogens with zero attached hydrogens (tertiary/aromatic N) is 1. The van der Waals surface area contributed by atoms with E-state index < -0.39 is 24.3 Å². The van der Waals surface area contributed by atoms with E-state index in [0.29, 0.717) is 13.1 Å². The zero-order chi connectivity index (χ0) is 16.4. The van der Waals surface area contributed by atoms with Gasteiger partial charge in [0.15, 0.2) is 0 Å². The van der Waals surface area contributed by atoms with Crippen molar-refractivity contribution in [1.29, 1.82) is 0 Å². The SMILES string of the molecule is Cl.FC(F)(F)Oc1cccc([C@@H](N2CCNCC2)C(F)(F)F)c1. The van der Waals surface area contributed by atoms with Gasteiger partial charge in [0, 0.05) is 26.2 Å². The second kappa shape index (κ2) is 7.59. The van der Waals surface area contributed by atoms with Crippen molar-refractivity contribution in [2.24, 2.45) is 0 Å². The predicted molar refractivity (Wildman–Crippen MR) is 73.6 cm³/mol. The summed E-state index contributed by atoms with van der Waals surface area (Å²) in [6, 6.07) is 2.09. The van der Waals surface area contributed by atoms with E-state index in [1.807, 2.05) is 0 Å². The third-order valence-corrected chi connectivity index (χ3v) is 3.23. The molecule has 1 N–H and O–H groups in total. The molecule has 1 atom stereocenters. The lowest BCUT2D eigenvalue weighted by Crippen LogP contribution is -2.49. The van der Waals surface area contributed by atoms with E-state index in [2.05, 4.69) is 10.1 Å². The number of piperazine rings is 1. The van der Waals surface area contributed by atoms with Crippen LogP contribution in [0.1, 0.15) is 11.6 Å². The van der Waals surface area contributed by atoms with Gasteiger partial charge in [-0.1, -0.05) is 12.1 Å². The minimum absolute atomic E-state index is 0. The molecule has 0 spiro atoms. The molecule has 0 unspecified atom stereocenters. The lowest BCUT2D eigenvalue weighted by molar-refractivity contribution is -0.274. The van der Waals surface area contributed by atoms with Crippen LogP contribution in [0.2, 0.25) is 0 Å². The second-order valence-corrected chi connectivity index (χ2v) is 4.85. The largest absolute Gasteiger partial charge is 0.573 e. The van der Waals surface area contributed by atoms with E-state index in [0.717, 1.165) is 24.3 Å². The van der Waals surface area contributed by atoms with Gasteiger partial charge in [0.2, 0.25) is 0 Å². The molecular formula is C13H15ClF6N2O. The fraction of sp³-hybridized carbons (Fsp3) is 0.538. The number of ether oxygens (including phenoxy) is 1. The molecule has 23 heavy (non-hydrogen) atoms. The molecular weight excluding hydrogens is 350 g/mol. The molecule has 132 valence electrons. The molecule has 1 aliphatic heterocycles. The van der Waals surface area contributed by atoms with Crippen molar-refractivity contribution in [3.8, 4) is 5.75 Å². The van der Waals surface area contributed by atoms with E-state index in [1.165, 1.54) is 4.90 Å². The maximum Gasteiger partial charge on any atom is 0.573 e. The van der Waals surface area contributed by atoms with Gasteiger partial charge in [0.1, 0.15) is 11.8 Å². The molecule has 0 bridgehead atoms. The van der Waals surface area contributed by atoms with Gasteiger partial charge < -0.3 is 10.1 Å². The lowest BCUT2D eigenvalue weighted by Gasteiger charge is -2.36. The average molecular weight is 365 g/mol. The molecule has 0 aliphatic carbocycles. The smallest absolute Gasteiger partial charge is 0.406 e. The van der Waals surface area contributed by atoms with Gasteiger partial charge in [0.25, 0.3) is 0 Å². The first-order valence-electron chi connectivity index (χ1n) is 6.54. The van der Waals surface area contributed by atoms with Gasteiger partial charge in [-0.05, 0) is 17.7 Å². The summed E-state index contributed by atoms with van der Waals surface area (Å²) in [6.45, 7) is 1.11. The van der Waals surface area contributed by atoms with E-state index in [1.54, 1.807) is 0 Å². The maximum atomic E-state index is 13.3. The first kappa shape index (κ1) is 19.9. The summed E-state index contributed by atoms with van der Waals surface area (Å²) in [5, 5.41) is 2.93. The lowest BCUT2D eigenvalue weighted by atomic mass is 10.0. The minimum Gasteiger partial charge on any atom is -0.406 e. The molecule has 1 fully saturated rings. The van der Waals surface area contributed by atoms with Crippen LogP contribution < -0.4 is 10.1 Å². The molecule has 1 saturated heterocycles. The maximum absolute atomic E-state index is 13.3. The minimum atomic E-state index is -4.94. The van der Waals surface area contributed by atoms with Crippen molar-refractivity contribution < 1.29 is 31.1 Å². The summed E-state index contributed by atoms with van der Waals surface area (Å²) in [4.78, 5) is 1.20. The van der Waals surface area contributed by atoms with Gasteiger partial charge in [0.05, 0.1) is 0 Å². The van der Waals surface area contributed by atoms with Crippen LogP contribution in [-0.2, 0) is 0 Å². The number of benzene rings is 1. The van der Waals surface area contributed by atoms with Crippen molar-refractivity contribution in [2.45, 2.75) is 18.6 Å². The number of hydrogen-bond acceptors (Lipinski definition) is 3. The third-order valence-electron chi connectivity index (χ3n) is 3.23. The summed E-state index contributed by atoms with van der Waals surface area (Å²) in [5.41, 5.74) is -0.267. The highest BCUT2D eigenvalue weighted by Gasteiger charge is 2.45. The highest BCUT2D eigenvalue weighted by Crippen LogP contribution is 2.39. The molecule has 0 radical (unpaired) electrons. The van der Waals surface area contributed by atoms with E-state index in [9.17, 15) is 26.3 Å². The Hall–Kier alpha value is -1.19. The first-order chi connectivity index (χ1) is 10.2. The van der Waals surface area contributed by atoms with Crippen LogP contribution in [0.5, 0.6) is 5.75 Å². The van der Waals surface area contributed by atoms with Gasteiger partial charge in [-0.2, -0.15) is 13.2 Å². The fourth-order valence-corrected chi connectivity index (χ4v) is 2.43. The highest BCUT2D eigenvalue weighted by atomic mass is 35.5. The Morgan fingerprint density at radius 3 is 2.17 bits per heavy atom. The zero-order valence-electron chi connectivity index (χ0n) is 11.7. The van der Waals surface area contributed by atoms with Gasteiger partial charge in [-0.3, -0.25) is 4.90 Å². The molecule has 0 saturated carbocycles. The van der Waals surface area contributed by atoms with Gasteiger partial charge in [-0.15, -0.1) is 25.6 Å². The Bertz CT molecular complexity index is 502. The van der Waals surface area contributed by atoms with Crippen LogP contribution >= 0.6 is 12.4 Å². The van der Waals surface area contributed by atoms with Crippen LogP contribution in [-0.4, -0.2) is 43.6 Å². The van der Waals surface area contributed by atoms with Crippen molar-refractivity contribution in [3.63, 3.8) is 0 Å². The molecule has 3 nitrogen and oxygen atoms in total. The molecule has 1 aromatic carbocycles. The van der Waals surface area contributed by atoms with Crippen LogP contribution in [0.3, 0.4) is 0 Å². The summed E-state index contributed by atoms with van der Waals surface area (Å²) in [7, 11) is 0. The third kappa shape index (κ3) is 5.74. The van der Waals surface area contributed by atoms with Crippen molar-refractivity contribution >= 4 is 12.4 Å². The average Bonchev–Trinajstić information content (AvgIpc) is 2.37. The Labute approximate surface area is 135 Å². The highest BCUT2D eigenvalue weighted by molar-refractivity contribution is 5.85. The van der Waals surface area contributed by atoms with Gasteiger partial charge in [-0.25, -0.2) is 0 Å². The van der Waals surface area contributed by atoms with Crippen LogP contribution in [0.15, 0.2) is 24.3 Å². The number of halogens is 7. The number of hydrogen-bond donors (Lipinski definition) is 1.